The van der Waals surface area contributed by atoms with Crippen LogP contribution in [0.1, 0.15) is 10.4 Å². The summed E-state index contributed by atoms with van der Waals surface area (Å²) >= 11 is 5.99. The van der Waals surface area contributed by atoms with E-state index in [4.69, 9.17) is 16.3 Å². The van der Waals surface area contributed by atoms with Crippen LogP contribution in [0, 0.1) is 0 Å². The Kier molecular flexibility index (Phi) is 6.59. The topological polar surface area (TPSA) is 92.7 Å². The minimum atomic E-state index is -5.62. The van der Waals surface area contributed by atoms with Crippen molar-refractivity contribution in [1.29, 1.82) is 0 Å². The second kappa shape index (κ2) is 9.36. The van der Waals surface area contributed by atoms with Gasteiger partial charge in [-0.2, -0.15) is 13.2 Å². The molecule has 2 N–H and O–H groups in total. The summed E-state index contributed by atoms with van der Waals surface area (Å²) < 4.78 is 67.1. The maximum Gasteiger partial charge on any atom is 0.501 e. The van der Waals surface area contributed by atoms with Gasteiger partial charge >= 0.3 is 5.51 Å². The molecule has 0 radical (unpaired) electrons. The quantitative estimate of drug-likeness (QED) is 0.307. The van der Waals surface area contributed by atoms with Crippen molar-refractivity contribution >= 4 is 43.8 Å². The second-order valence-corrected chi connectivity index (χ2v) is 9.99. The number of alkyl halides is 3. The van der Waals surface area contributed by atoms with Crippen LogP contribution in [0.2, 0.25) is 5.02 Å². The molecule has 6 nitrogen and oxygen atoms in total. The predicted octanol–water partition coefficient (Wildman–Crippen LogP) is 6.42. The highest BCUT2D eigenvalue weighted by molar-refractivity contribution is 7.92. The average molecular weight is 536 g/mol. The van der Waals surface area contributed by atoms with Crippen LogP contribution in [0.15, 0.2) is 77.7 Å². The third-order valence-electron chi connectivity index (χ3n) is 5.45. The van der Waals surface area contributed by atoms with Gasteiger partial charge in [-0.05, 0) is 52.9 Å². The van der Waals surface area contributed by atoms with E-state index >= 15 is 0 Å². The van der Waals surface area contributed by atoms with Crippen molar-refractivity contribution in [2.45, 2.75) is 10.4 Å². The number of carbonyl (C=O) groups excluding carboxylic acids is 1. The zero-order chi connectivity index (χ0) is 26.3. The van der Waals surface area contributed by atoms with Crippen LogP contribution in [-0.2, 0) is 9.84 Å². The first kappa shape index (κ1) is 25.3. The number of ether oxygens (including phenoxy) is 1. The Morgan fingerprint density at radius 3 is 2.31 bits per heavy atom. The van der Waals surface area contributed by atoms with Crippen LogP contribution in [0.25, 0.3) is 21.9 Å². The van der Waals surface area contributed by atoms with Crippen molar-refractivity contribution < 1.29 is 36.2 Å². The summed E-state index contributed by atoms with van der Waals surface area (Å²) in [6.07, 6.45) is 0. The van der Waals surface area contributed by atoms with Gasteiger partial charge in [0.1, 0.15) is 11.5 Å². The normalized spacial score (nSPS) is 11.9. The molecule has 0 aliphatic heterocycles. The predicted molar refractivity (Wildman–Crippen MR) is 130 cm³/mol. The fourth-order valence-electron chi connectivity index (χ4n) is 3.65. The SMILES string of the molecule is COc1cccc(-c2cc(C(=O)Nc3ccc(S(=O)(=O)C(F)(F)F)cc3Cl)c(O)c3ccccc23)c1. The zero-order valence-electron chi connectivity index (χ0n) is 18.4. The fraction of sp³-hybridized carbons (Fsp3) is 0.0800. The number of methoxy groups -OCH3 is 1. The molecule has 4 rings (SSSR count). The molecule has 0 aliphatic rings. The monoisotopic (exact) mass is 535 g/mol. The van der Waals surface area contributed by atoms with E-state index < -0.39 is 31.2 Å². The highest BCUT2D eigenvalue weighted by atomic mass is 35.5. The molecule has 0 fully saturated rings. The van der Waals surface area contributed by atoms with Gasteiger partial charge in [0.05, 0.1) is 28.3 Å². The number of phenols is 1. The molecular formula is C25H17ClF3NO5S. The standard InChI is InChI=1S/C25H17ClF3NO5S/c1-35-15-6-4-5-14(11-15)19-13-20(23(31)18-8-3-2-7-17(18)19)24(32)30-22-10-9-16(12-21(22)26)36(33,34)25(27,28)29/h2-13,31H,1H3,(H,30,32). The lowest BCUT2D eigenvalue weighted by Gasteiger charge is -2.15. The molecule has 0 spiro atoms. The number of sulfone groups is 1. The van der Waals surface area contributed by atoms with Gasteiger partial charge < -0.3 is 15.2 Å². The summed E-state index contributed by atoms with van der Waals surface area (Å²) in [5, 5.41) is 13.9. The Balaban J connectivity index is 1.77. The van der Waals surface area contributed by atoms with Gasteiger partial charge in [-0.3, -0.25) is 4.79 Å². The first-order valence-electron chi connectivity index (χ1n) is 10.3. The minimum absolute atomic E-state index is 0.130. The maximum absolute atomic E-state index is 13.1. The second-order valence-electron chi connectivity index (χ2n) is 7.64. The third-order valence-corrected chi connectivity index (χ3v) is 7.24. The van der Waals surface area contributed by atoms with Crippen LogP contribution in [-0.4, -0.2) is 32.0 Å². The number of nitrogens with one attached hydrogen (secondary N) is 1. The van der Waals surface area contributed by atoms with E-state index in [1.165, 1.54) is 13.2 Å². The van der Waals surface area contributed by atoms with Crippen molar-refractivity contribution in [1.82, 2.24) is 0 Å². The molecular weight excluding hydrogens is 519 g/mol. The molecule has 0 aromatic heterocycles. The summed E-state index contributed by atoms with van der Waals surface area (Å²) in [6, 6.07) is 17.7. The van der Waals surface area contributed by atoms with Crippen molar-refractivity contribution in [3.63, 3.8) is 0 Å². The molecule has 4 aromatic rings. The Hall–Kier alpha value is -3.76. The number of fused-ring (bicyclic) bond motifs is 1. The van der Waals surface area contributed by atoms with Crippen molar-refractivity contribution in [3.8, 4) is 22.6 Å². The Bertz CT molecular complexity index is 1600. The Morgan fingerprint density at radius 2 is 1.67 bits per heavy atom. The molecule has 11 heteroatoms. The summed E-state index contributed by atoms with van der Waals surface area (Å²) in [6.45, 7) is 0. The van der Waals surface area contributed by atoms with E-state index in [1.807, 2.05) is 0 Å². The number of amides is 1. The van der Waals surface area contributed by atoms with Gasteiger partial charge in [0.25, 0.3) is 15.7 Å². The number of halogens is 4. The van der Waals surface area contributed by atoms with Crippen LogP contribution in [0.5, 0.6) is 11.5 Å². The van der Waals surface area contributed by atoms with Crippen LogP contribution in [0.3, 0.4) is 0 Å². The minimum Gasteiger partial charge on any atom is -0.506 e. The fourth-order valence-corrected chi connectivity index (χ4v) is 4.73. The van der Waals surface area contributed by atoms with Gasteiger partial charge in [-0.25, -0.2) is 8.42 Å². The summed E-state index contributed by atoms with van der Waals surface area (Å²) in [5.41, 5.74) is -4.45. The summed E-state index contributed by atoms with van der Waals surface area (Å²) in [5.74, 6) is -0.547. The van der Waals surface area contributed by atoms with Gasteiger partial charge in [0.15, 0.2) is 0 Å². The molecule has 4 aromatic carbocycles. The van der Waals surface area contributed by atoms with Crippen LogP contribution < -0.4 is 10.1 Å². The largest absolute Gasteiger partial charge is 0.506 e. The average Bonchev–Trinajstić information content (AvgIpc) is 2.84. The number of aromatic hydroxyl groups is 1. The third kappa shape index (κ3) is 4.57. The number of rotatable bonds is 5. The number of hydrogen-bond acceptors (Lipinski definition) is 5. The maximum atomic E-state index is 13.1. The molecule has 0 saturated carbocycles. The van der Waals surface area contributed by atoms with E-state index in [1.54, 1.807) is 48.5 Å². The smallest absolute Gasteiger partial charge is 0.501 e. The van der Waals surface area contributed by atoms with E-state index in [0.29, 0.717) is 39.8 Å². The number of phenolic OH excluding ortho intramolecular Hbond substituents is 1. The lowest BCUT2D eigenvalue weighted by molar-refractivity contribution is -0.0436. The molecule has 36 heavy (non-hydrogen) atoms. The molecule has 0 saturated heterocycles. The molecule has 0 aliphatic carbocycles. The lowest BCUT2D eigenvalue weighted by Crippen LogP contribution is -2.23. The van der Waals surface area contributed by atoms with Crippen molar-refractivity contribution in [2.24, 2.45) is 0 Å². The lowest BCUT2D eigenvalue weighted by atomic mass is 9.94. The van der Waals surface area contributed by atoms with E-state index in [2.05, 4.69) is 5.32 Å². The number of anilines is 1. The summed E-state index contributed by atoms with van der Waals surface area (Å²) in [7, 11) is -4.10. The first-order valence-corrected chi connectivity index (χ1v) is 12.1. The number of hydrogen-bond donors (Lipinski definition) is 2. The van der Waals surface area contributed by atoms with E-state index in [-0.39, 0.29) is 17.0 Å². The molecule has 186 valence electrons. The molecule has 0 unspecified atom stereocenters. The first-order chi connectivity index (χ1) is 16.9. The molecule has 0 atom stereocenters. The molecule has 1 amide bonds. The highest BCUT2D eigenvalue weighted by Crippen LogP contribution is 2.39. The van der Waals surface area contributed by atoms with Gasteiger partial charge in [0, 0.05) is 5.39 Å². The van der Waals surface area contributed by atoms with Crippen molar-refractivity contribution in [2.75, 3.05) is 12.4 Å². The van der Waals surface area contributed by atoms with Crippen LogP contribution >= 0.6 is 11.6 Å². The zero-order valence-corrected chi connectivity index (χ0v) is 20.0. The Morgan fingerprint density at radius 1 is 0.972 bits per heavy atom. The highest BCUT2D eigenvalue weighted by Gasteiger charge is 2.47. The number of benzene rings is 4. The van der Waals surface area contributed by atoms with Crippen molar-refractivity contribution in [3.05, 3.63) is 83.4 Å². The van der Waals surface area contributed by atoms with Crippen LogP contribution in [0.4, 0.5) is 18.9 Å². The van der Waals surface area contributed by atoms with Gasteiger partial charge in [-0.15, -0.1) is 0 Å². The number of carbonyl (C=O) groups is 1. The Labute approximate surface area is 208 Å². The van der Waals surface area contributed by atoms with Gasteiger partial charge in [0.2, 0.25) is 0 Å². The summed E-state index contributed by atoms with van der Waals surface area (Å²) in [4.78, 5) is 12.1. The van der Waals surface area contributed by atoms with E-state index in [9.17, 15) is 31.5 Å². The van der Waals surface area contributed by atoms with E-state index in [0.717, 1.165) is 6.07 Å². The molecule has 0 heterocycles. The van der Waals surface area contributed by atoms with Gasteiger partial charge in [-0.1, -0.05) is 48.0 Å². The molecule has 0 bridgehead atoms.